The lowest BCUT2D eigenvalue weighted by molar-refractivity contribution is 0.111. The molecule has 1 rings (SSSR count). The summed E-state index contributed by atoms with van der Waals surface area (Å²) < 4.78 is 30.4. The molecule has 1 N–H and O–H groups in total. The van der Waals surface area contributed by atoms with Gasteiger partial charge in [-0.2, -0.15) is 8.42 Å². The van der Waals surface area contributed by atoms with Crippen molar-refractivity contribution in [3.8, 4) is 0 Å². The Kier molecular flexibility index (Phi) is 2.78. The summed E-state index contributed by atoms with van der Waals surface area (Å²) >= 11 is 0. The Morgan fingerprint density at radius 3 is 1.79 bits per heavy atom. The highest BCUT2D eigenvalue weighted by atomic mass is 32.2. The monoisotopic (exact) mass is 214 g/mol. The zero-order valence-electron chi connectivity index (χ0n) is 6.88. The Balaban J connectivity index is 3.66. The van der Waals surface area contributed by atoms with E-state index in [0.29, 0.717) is 0 Å². The maximum atomic E-state index is 10.8. The average molecular weight is 214 g/mol. The predicted octanol–water partition coefficient (Wildman–Crippen LogP) is 0.558. The number of carbonyl (C=O) groups excluding carboxylic acids is 2. The van der Waals surface area contributed by atoms with Gasteiger partial charge in [0.1, 0.15) is 4.90 Å². The molecule has 5 nitrogen and oxygen atoms in total. The molecule has 0 saturated carbocycles. The van der Waals surface area contributed by atoms with E-state index >= 15 is 0 Å². The Morgan fingerprint density at radius 1 is 1.07 bits per heavy atom. The lowest BCUT2D eigenvalue weighted by atomic mass is 10.1. The van der Waals surface area contributed by atoms with Crippen molar-refractivity contribution in [2.75, 3.05) is 0 Å². The van der Waals surface area contributed by atoms with Crippen molar-refractivity contribution in [1.82, 2.24) is 0 Å². The van der Waals surface area contributed by atoms with E-state index in [0.717, 1.165) is 0 Å². The van der Waals surface area contributed by atoms with Gasteiger partial charge in [0.15, 0.2) is 12.6 Å². The first-order valence-electron chi connectivity index (χ1n) is 3.51. The van der Waals surface area contributed by atoms with Crippen LogP contribution in [-0.2, 0) is 10.1 Å². The fraction of sp³-hybridized carbons (Fsp3) is 0. The third-order valence-electron chi connectivity index (χ3n) is 1.59. The maximum Gasteiger partial charge on any atom is 0.295 e. The molecule has 0 heterocycles. The first-order chi connectivity index (χ1) is 6.50. The summed E-state index contributed by atoms with van der Waals surface area (Å²) in [5.41, 5.74) is -0.478. The molecule has 0 unspecified atom stereocenters. The number of hydrogen-bond donors (Lipinski definition) is 1. The molecular formula is C8H6O5S. The van der Waals surface area contributed by atoms with Gasteiger partial charge < -0.3 is 0 Å². The molecule has 0 spiro atoms. The molecule has 0 saturated heterocycles. The van der Waals surface area contributed by atoms with Gasteiger partial charge in [0.25, 0.3) is 10.1 Å². The van der Waals surface area contributed by atoms with E-state index in [4.69, 9.17) is 4.55 Å². The van der Waals surface area contributed by atoms with Gasteiger partial charge in [-0.25, -0.2) is 0 Å². The molecule has 1 aromatic carbocycles. The van der Waals surface area contributed by atoms with E-state index in [2.05, 4.69) is 0 Å². The molecule has 0 bridgehead atoms. The second kappa shape index (κ2) is 3.69. The van der Waals surface area contributed by atoms with Crippen molar-refractivity contribution in [1.29, 1.82) is 0 Å². The number of benzene rings is 1. The topological polar surface area (TPSA) is 88.5 Å². The standard InChI is InChI=1S/C8H6O5S/c9-4-6-2-1-3-7(5-10)8(6)14(11,12)13/h1-5H,(H,11,12,13). The first kappa shape index (κ1) is 10.6. The van der Waals surface area contributed by atoms with Gasteiger partial charge in [-0.3, -0.25) is 14.1 Å². The molecule has 74 valence electrons. The summed E-state index contributed by atoms with van der Waals surface area (Å²) in [4.78, 5) is 20.3. The lowest BCUT2D eigenvalue weighted by Gasteiger charge is -2.02. The highest BCUT2D eigenvalue weighted by Crippen LogP contribution is 2.17. The van der Waals surface area contributed by atoms with Crippen LogP contribution >= 0.6 is 0 Å². The van der Waals surface area contributed by atoms with Crippen LogP contribution in [0.4, 0.5) is 0 Å². The second-order valence-corrected chi connectivity index (χ2v) is 3.83. The van der Waals surface area contributed by atoms with Crippen molar-refractivity contribution in [2.45, 2.75) is 4.90 Å². The second-order valence-electron chi connectivity index (χ2n) is 2.48. The van der Waals surface area contributed by atoms with Crippen LogP contribution in [0, 0.1) is 0 Å². The summed E-state index contributed by atoms with van der Waals surface area (Å²) in [7, 11) is -4.55. The van der Waals surface area contributed by atoms with Crippen molar-refractivity contribution in [3.05, 3.63) is 29.3 Å². The summed E-state index contributed by atoms with van der Waals surface area (Å²) in [5, 5.41) is 0. The summed E-state index contributed by atoms with van der Waals surface area (Å²) in [6.07, 6.45) is 0.520. The van der Waals surface area contributed by atoms with Crippen LogP contribution in [0.3, 0.4) is 0 Å². The minimum absolute atomic E-state index is 0.239. The number of rotatable bonds is 3. The molecule has 0 aliphatic heterocycles. The van der Waals surface area contributed by atoms with Crippen LogP contribution in [-0.4, -0.2) is 25.5 Å². The summed E-state index contributed by atoms with van der Waals surface area (Å²) in [5.74, 6) is 0. The van der Waals surface area contributed by atoms with Crippen molar-refractivity contribution in [3.63, 3.8) is 0 Å². The van der Waals surface area contributed by atoms with Gasteiger partial charge in [-0.15, -0.1) is 0 Å². The number of aldehydes is 2. The molecule has 1 aromatic rings. The quantitative estimate of drug-likeness (QED) is 0.586. The normalized spacial score (nSPS) is 10.9. The fourth-order valence-electron chi connectivity index (χ4n) is 1.06. The van der Waals surface area contributed by atoms with Crippen molar-refractivity contribution in [2.24, 2.45) is 0 Å². The van der Waals surface area contributed by atoms with E-state index in [1.807, 2.05) is 0 Å². The largest absolute Gasteiger partial charge is 0.298 e. The Bertz CT molecular complexity index is 448. The zero-order valence-corrected chi connectivity index (χ0v) is 7.69. The molecule has 0 amide bonds. The van der Waals surface area contributed by atoms with E-state index in [-0.39, 0.29) is 23.7 Å². The number of hydrogen-bond acceptors (Lipinski definition) is 4. The van der Waals surface area contributed by atoms with E-state index in [1.54, 1.807) is 0 Å². The summed E-state index contributed by atoms with van der Waals surface area (Å²) in [6.45, 7) is 0. The van der Waals surface area contributed by atoms with E-state index in [1.165, 1.54) is 18.2 Å². The summed E-state index contributed by atoms with van der Waals surface area (Å²) in [6, 6.07) is 3.74. The zero-order chi connectivity index (χ0) is 10.8. The molecule has 0 aliphatic carbocycles. The third-order valence-corrected chi connectivity index (χ3v) is 2.58. The van der Waals surface area contributed by atoms with Crippen LogP contribution in [0.5, 0.6) is 0 Å². The highest BCUT2D eigenvalue weighted by Gasteiger charge is 2.19. The van der Waals surface area contributed by atoms with Gasteiger partial charge >= 0.3 is 0 Å². The SMILES string of the molecule is O=Cc1cccc(C=O)c1S(=O)(=O)O. The third kappa shape index (κ3) is 1.86. The number of carbonyl (C=O) groups is 2. The van der Waals surface area contributed by atoms with Gasteiger partial charge in [0.2, 0.25) is 0 Å². The van der Waals surface area contributed by atoms with Crippen LogP contribution < -0.4 is 0 Å². The molecule has 0 radical (unpaired) electrons. The van der Waals surface area contributed by atoms with E-state index < -0.39 is 15.0 Å². The molecule has 6 heteroatoms. The molecule has 0 aromatic heterocycles. The van der Waals surface area contributed by atoms with Crippen LogP contribution in [0.25, 0.3) is 0 Å². The van der Waals surface area contributed by atoms with Crippen molar-refractivity contribution < 1.29 is 22.6 Å². The van der Waals surface area contributed by atoms with Gasteiger partial charge in [0, 0.05) is 11.1 Å². The van der Waals surface area contributed by atoms with Crippen LogP contribution in [0.2, 0.25) is 0 Å². The van der Waals surface area contributed by atoms with Crippen molar-refractivity contribution >= 4 is 22.7 Å². The van der Waals surface area contributed by atoms with Gasteiger partial charge in [0.05, 0.1) is 0 Å². The predicted molar refractivity (Wildman–Crippen MR) is 47.0 cm³/mol. The maximum absolute atomic E-state index is 10.8. The lowest BCUT2D eigenvalue weighted by Crippen LogP contribution is -2.06. The fourth-order valence-corrected chi connectivity index (χ4v) is 1.88. The minimum Gasteiger partial charge on any atom is -0.298 e. The molecular weight excluding hydrogens is 208 g/mol. The smallest absolute Gasteiger partial charge is 0.295 e. The Hall–Kier alpha value is -1.53. The molecule has 0 atom stereocenters. The average Bonchev–Trinajstić information content (AvgIpc) is 2.15. The Labute approximate surface area is 80.1 Å². The van der Waals surface area contributed by atoms with Gasteiger partial charge in [-0.05, 0) is 0 Å². The van der Waals surface area contributed by atoms with Gasteiger partial charge in [-0.1, -0.05) is 18.2 Å². The first-order valence-corrected chi connectivity index (χ1v) is 4.95. The molecule has 14 heavy (non-hydrogen) atoms. The minimum atomic E-state index is -4.55. The van der Waals surface area contributed by atoms with E-state index in [9.17, 15) is 18.0 Å². The molecule has 0 fully saturated rings. The van der Waals surface area contributed by atoms with Crippen LogP contribution in [0.15, 0.2) is 23.1 Å². The van der Waals surface area contributed by atoms with Crippen LogP contribution in [0.1, 0.15) is 20.7 Å². The highest BCUT2D eigenvalue weighted by molar-refractivity contribution is 7.86. The molecule has 0 aliphatic rings. The Morgan fingerprint density at radius 2 is 1.50 bits per heavy atom.